The average molecular weight is 426 g/mol. The van der Waals surface area contributed by atoms with Crippen molar-refractivity contribution in [3.05, 3.63) is 42.0 Å². The van der Waals surface area contributed by atoms with Crippen LogP contribution in [0.4, 0.5) is 0 Å². The van der Waals surface area contributed by atoms with Crippen molar-refractivity contribution in [1.29, 1.82) is 0 Å². The van der Waals surface area contributed by atoms with Crippen molar-refractivity contribution in [3.8, 4) is 5.75 Å². The third kappa shape index (κ3) is 6.96. The molecule has 170 valence electrons. The molecule has 1 fully saturated rings. The minimum Gasteiger partial charge on any atom is -0.490 e. The molecule has 0 spiro atoms. The Morgan fingerprint density at radius 1 is 1.10 bits per heavy atom. The predicted octanol–water partition coefficient (Wildman–Crippen LogP) is 6.56. The largest absolute Gasteiger partial charge is 0.490 e. The van der Waals surface area contributed by atoms with Crippen molar-refractivity contribution in [1.82, 2.24) is 5.32 Å². The van der Waals surface area contributed by atoms with Gasteiger partial charge in [0, 0.05) is 12.6 Å². The van der Waals surface area contributed by atoms with E-state index >= 15 is 0 Å². The Hall–Kier alpha value is -2.07. The number of aliphatic carboxylic acids is 1. The molecule has 31 heavy (non-hydrogen) atoms. The van der Waals surface area contributed by atoms with Crippen molar-refractivity contribution >= 4 is 16.7 Å². The van der Waals surface area contributed by atoms with E-state index < -0.39 is 5.97 Å². The molecule has 0 amide bonds. The van der Waals surface area contributed by atoms with E-state index in [1.165, 1.54) is 29.2 Å². The number of benzene rings is 2. The Morgan fingerprint density at radius 2 is 1.77 bits per heavy atom. The summed E-state index contributed by atoms with van der Waals surface area (Å²) in [4.78, 5) is 11.1. The SMILES string of the molecule is CCCC(CC(=O)O)NCc1ccc2cc(OC3CCC(C(C)(C)C)CC3)ccc2c1. The smallest absolute Gasteiger partial charge is 0.304 e. The van der Waals surface area contributed by atoms with Gasteiger partial charge in [-0.2, -0.15) is 0 Å². The Bertz CT molecular complexity index is 862. The van der Waals surface area contributed by atoms with Crippen LogP contribution in [0.3, 0.4) is 0 Å². The maximum absolute atomic E-state index is 11.1. The first kappa shape index (κ1) is 23.6. The molecule has 1 aliphatic carbocycles. The highest BCUT2D eigenvalue weighted by molar-refractivity contribution is 5.84. The molecule has 1 atom stereocenters. The van der Waals surface area contributed by atoms with E-state index in [-0.39, 0.29) is 12.5 Å². The van der Waals surface area contributed by atoms with Crippen molar-refractivity contribution in [2.75, 3.05) is 0 Å². The Kier molecular flexibility index (Phi) is 7.99. The van der Waals surface area contributed by atoms with Gasteiger partial charge in [-0.1, -0.05) is 52.3 Å². The van der Waals surface area contributed by atoms with Gasteiger partial charge in [-0.15, -0.1) is 0 Å². The first-order valence-electron chi connectivity index (χ1n) is 11.9. The second-order valence-corrected chi connectivity index (χ2v) is 10.3. The molecule has 2 N–H and O–H groups in total. The highest BCUT2D eigenvalue weighted by atomic mass is 16.5. The van der Waals surface area contributed by atoms with Gasteiger partial charge in [-0.25, -0.2) is 0 Å². The quantitative estimate of drug-likeness (QED) is 0.478. The zero-order valence-electron chi connectivity index (χ0n) is 19.6. The van der Waals surface area contributed by atoms with Gasteiger partial charge < -0.3 is 15.2 Å². The summed E-state index contributed by atoms with van der Waals surface area (Å²) in [7, 11) is 0. The highest BCUT2D eigenvalue weighted by Crippen LogP contribution is 2.39. The van der Waals surface area contributed by atoms with Gasteiger partial charge in [0.15, 0.2) is 0 Å². The number of nitrogens with one attached hydrogen (secondary N) is 1. The lowest BCUT2D eigenvalue weighted by Crippen LogP contribution is -2.30. The number of carbonyl (C=O) groups is 1. The molecule has 0 aliphatic heterocycles. The zero-order valence-corrected chi connectivity index (χ0v) is 19.6. The standard InChI is InChI=1S/C27H39NO3/c1-5-6-23(17-26(29)30)28-18-19-7-8-21-16-25(12-9-20(21)15-19)31-24-13-10-22(11-14-24)27(2,3)4/h7-9,12,15-16,22-24,28H,5-6,10-11,13-14,17-18H2,1-4H3,(H,29,30). The van der Waals surface area contributed by atoms with Gasteiger partial charge in [0.2, 0.25) is 0 Å². The fraction of sp³-hybridized carbons (Fsp3) is 0.593. The molecule has 0 radical (unpaired) electrons. The molecular formula is C27H39NO3. The molecule has 1 saturated carbocycles. The molecule has 2 aromatic rings. The maximum atomic E-state index is 11.1. The Balaban J connectivity index is 1.58. The van der Waals surface area contributed by atoms with Crippen LogP contribution in [0, 0.1) is 11.3 Å². The van der Waals surface area contributed by atoms with Crippen LogP contribution >= 0.6 is 0 Å². The minimum absolute atomic E-state index is 0.0161. The lowest BCUT2D eigenvalue weighted by Gasteiger charge is -2.37. The van der Waals surface area contributed by atoms with Crippen LogP contribution in [0.2, 0.25) is 0 Å². The molecule has 4 nitrogen and oxygen atoms in total. The van der Waals surface area contributed by atoms with Gasteiger partial charge >= 0.3 is 5.97 Å². The summed E-state index contributed by atoms with van der Waals surface area (Å²) in [5.41, 5.74) is 1.57. The maximum Gasteiger partial charge on any atom is 0.304 e. The molecule has 0 bridgehead atoms. The van der Waals surface area contributed by atoms with E-state index in [0.29, 0.717) is 18.1 Å². The number of carboxylic acid groups (broad SMARTS) is 1. The van der Waals surface area contributed by atoms with Crippen LogP contribution in [0.15, 0.2) is 36.4 Å². The lowest BCUT2D eigenvalue weighted by atomic mass is 9.72. The molecular weight excluding hydrogens is 386 g/mol. The van der Waals surface area contributed by atoms with E-state index in [2.05, 4.69) is 69.4 Å². The highest BCUT2D eigenvalue weighted by Gasteiger charge is 2.30. The van der Waals surface area contributed by atoms with Crippen LogP contribution < -0.4 is 10.1 Å². The lowest BCUT2D eigenvalue weighted by molar-refractivity contribution is -0.137. The van der Waals surface area contributed by atoms with E-state index in [1.807, 2.05) is 0 Å². The van der Waals surface area contributed by atoms with Crippen LogP contribution in [-0.4, -0.2) is 23.2 Å². The third-order valence-corrected chi connectivity index (χ3v) is 6.73. The molecule has 2 aromatic carbocycles. The number of ether oxygens (including phenoxy) is 1. The van der Waals surface area contributed by atoms with Gasteiger partial charge in [-0.3, -0.25) is 4.79 Å². The molecule has 3 rings (SSSR count). The summed E-state index contributed by atoms with van der Waals surface area (Å²) < 4.78 is 6.33. The molecule has 4 heteroatoms. The normalized spacial score (nSPS) is 20.5. The molecule has 1 unspecified atom stereocenters. The topological polar surface area (TPSA) is 58.6 Å². The Labute approximate surface area is 187 Å². The van der Waals surface area contributed by atoms with Crippen LogP contribution in [0.25, 0.3) is 10.8 Å². The summed E-state index contributed by atoms with van der Waals surface area (Å²) in [5, 5.41) is 14.9. The van der Waals surface area contributed by atoms with Gasteiger partial charge in [0.25, 0.3) is 0 Å². The monoisotopic (exact) mass is 425 g/mol. The second kappa shape index (κ2) is 10.5. The van der Waals surface area contributed by atoms with E-state index in [4.69, 9.17) is 9.84 Å². The number of hydrogen-bond acceptors (Lipinski definition) is 3. The second-order valence-electron chi connectivity index (χ2n) is 10.3. The van der Waals surface area contributed by atoms with Crippen molar-refractivity contribution in [3.63, 3.8) is 0 Å². The molecule has 0 saturated heterocycles. The first-order valence-corrected chi connectivity index (χ1v) is 11.9. The predicted molar refractivity (Wildman–Crippen MR) is 128 cm³/mol. The van der Waals surface area contributed by atoms with Crippen molar-refractivity contribution < 1.29 is 14.6 Å². The van der Waals surface area contributed by atoms with Gasteiger partial charge in [0.05, 0.1) is 12.5 Å². The molecule has 0 heterocycles. The number of hydrogen-bond donors (Lipinski definition) is 2. The Morgan fingerprint density at radius 3 is 2.42 bits per heavy atom. The summed E-state index contributed by atoms with van der Waals surface area (Å²) in [6.07, 6.45) is 7.11. The fourth-order valence-corrected chi connectivity index (χ4v) is 4.79. The van der Waals surface area contributed by atoms with Crippen molar-refractivity contribution in [2.24, 2.45) is 11.3 Å². The number of rotatable bonds is 9. The van der Waals surface area contributed by atoms with E-state index in [1.54, 1.807) is 0 Å². The first-order chi connectivity index (χ1) is 14.7. The van der Waals surface area contributed by atoms with Crippen molar-refractivity contribution in [2.45, 2.75) is 91.3 Å². The van der Waals surface area contributed by atoms with Crippen LogP contribution in [0.1, 0.15) is 78.2 Å². The minimum atomic E-state index is -0.746. The van der Waals surface area contributed by atoms with E-state index in [0.717, 1.165) is 37.4 Å². The van der Waals surface area contributed by atoms with Crippen LogP contribution in [0.5, 0.6) is 5.75 Å². The summed E-state index contributed by atoms with van der Waals surface area (Å²) in [6, 6.07) is 12.8. The zero-order chi connectivity index (χ0) is 22.4. The number of carboxylic acids is 1. The number of fused-ring (bicyclic) bond motifs is 1. The molecule has 0 aromatic heterocycles. The summed E-state index contributed by atoms with van der Waals surface area (Å²) >= 11 is 0. The molecule has 1 aliphatic rings. The van der Waals surface area contributed by atoms with E-state index in [9.17, 15) is 4.79 Å². The van der Waals surface area contributed by atoms with Crippen LogP contribution in [-0.2, 0) is 11.3 Å². The fourth-order valence-electron chi connectivity index (χ4n) is 4.79. The summed E-state index contributed by atoms with van der Waals surface area (Å²) in [6.45, 7) is 9.82. The summed E-state index contributed by atoms with van der Waals surface area (Å²) in [5.74, 6) is 1.01. The average Bonchev–Trinajstić information content (AvgIpc) is 2.71. The van der Waals surface area contributed by atoms with Gasteiger partial charge in [-0.05, 0) is 78.0 Å². The third-order valence-electron chi connectivity index (χ3n) is 6.73. The van der Waals surface area contributed by atoms with Gasteiger partial charge in [0.1, 0.15) is 5.75 Å².